The van der Waals surface area contributed by atoms with Gasteiger partial charge in [-0.2, -0.15) is 0 Å². The molecule has 94 valence electrons. The van der Waals surface area contributed by atoms with Crippen molar-refractivity contribution in [3.8, 4) is 0 Å². The third-order valence-electron chi connectivity index (χ3n) is 3.85. The SMILES string of the molecule is CC1CCCCC1N(C)Cc1ccc(Cl)nc1. The molecule has 1 aliphatic rings. The monoisotopic (exact) mass is 252 g/mol. The van der Waals surface area contributed by atoms with Gasteiger partial charge < -0.3 is 0 Å². The third-order valence-corrected chi connectivity index (χ3v) is 4.08. The van der Waals surface area contributed by atoms with Gasteiger partial charge >= 0.3 is 0 Å². The van der Waals surface area contributed by atoms with Crippen LogP contribution in [0, 0.1) is 5.92 Å². The highest BCUT2D eigenvalue weighted by Crippen LogP contribution is 2.28. The molecule has 1 aromatic rings. The molecule has 0 aliphatic heterocycles. The fraction of sp³-hybridized carbons (Fsp3) is 0.643. The predicted octanol–water partition coefficient (Wildman–Crippen LogP) is 3.75. The molecule has 0 spiro atoms. The minimum atomic E-state index is 0.572. The highest BCUT2D eigenvalue weighted by Gasteiger charge is 2.24. The molecule has 1 fully saturated rings. The van der Waals surface area contributed by atoms with Crippen LogP contribution in [-0.4, -0.2) is 23.0 Å². The summed E-state index contributed by atoms with van der Waals surface area (Å²) in [6, 6.07) is 4.66. The maximum Gasteiger partial charge on any atom is 0.129 e. The Labute approximate surface area is 109 Å². The van der Waals surface area contributed by atoms with E-state index in [2.05, 4.69) is 29.9 Å². The molecule has 17 heavy (non-hydrogen) atoms. The lowest BCUT2D eigenvalue weighted by molar-refractivity contribution is 0.133. The van der Waals surface area contributed by atoms with E-state index in [1.54, 1.807) is 0 Å². The Kier molecular flexibility index (Phi) is 4.41. The van der Waals surface area contributed by atoms with E-state index in [0.29, 0.717) is 5.15 Å². The summed E-state index contributed by atoms with van der Waals surface area (Å²) in [7, 11) is 2.22. The second-order valence-electron chi connectivity index (χ2n) is 5.23. The fourth-order valence-corrected chi connectivity index (χ4v) is 2.97. The highest BCUT2D eigenvalue weighted by atomic mass is 35.5. The zero-order valence-electron chi connectivity index (χ0n) is 10.7. The number of aromatic nitrogens is 1. The molecule has 0 saturated heterocycles. The van der Waals surface area contributed by atoms with Gasteiger partial charge in [0, 0.05) is 18.8 Å². The van der Waals surface area contributed by atoms with Crippen LogP contribution in [0.5, 0.6) is 0 Å². The van der Waals surface area contributed by atoms with E-state index in [4.69, 9.17) is 11.6 Å². The predicted molar refractivity (Wildman–Crippen MR) is 72.1 cm³/mol. The van der Waals surface area contributed by atoms with Crippen LogP contribution in [0.2, 0.25) is 5.15 Å². The first-order valence-corrected chi connectivity index (χ1v) is 6.85. The van der Waals surface area contributed by atoms with Crippen molar-refractivity contribution in [3.05, 3.63) is 29.0 Å². The molecule has 0 bridgehead atoms. The van der Waals surface area contributed by atoms with Gasteiger partial charge in [-0.3, -0.25) is 4.90 Å². The summed E-state index contributed by atoms with van der Waals surface area (Å²) in [6.07, 6.45) is 7.35. The Morgan fingerprint density at radius 3 is 2.76 bits per heavy atom. The molecule has 1 aliphatic carbocycles. The van der Waals surface area contributed by atoms with Crippen molar-refractivity contribution in [1.29, 1.82) is 0 Å². The van der Waals surface area contributed by atoms with Crippen molar-refractivity contribution < 1.29 is 0 Å². The second kappa shape index (κ2) is 5.83. The topological polar surface area (TPSA) is 16.1 Å². The quantitative estimate of drug-likeness (QED) is 0.762. The number of pyridine rings is 1. The molecule has 2 rings (SSSR count). The molecule has 2 nitrogen and oxygen atoms in total. The van der Waals surface area contributed by atoms with Gasteiger partial charge in [-0.1, -0.05) is 37.4 Å². The van der Waals surface area contributed by atoms with Crippen LogP contribution >= 0.6 is 11.6 Å². The largest absolute Gasteiger partial charge is 0.299 e. The first kappa shape index (κ1) is 12.8. The number of hydrogen-bond donors (Lipinski definition) is 0. The Balaban J connectivity index is 1.95. The van der Waals surface area contributed by atoms with E-state index in [0.717, 1.165) is 18.5 Å². The average Bonchev–Trinajstić information content (AvgIpc) is 2.32. The van der Waals surface area contributed by atoms with Gasteiger partial charge in [0.15, 0.2) is 0 Å². The summed E-state index contributed by atoms with van der Waals surface area (Å²) in [5.41, 5.74) is 1.25. The minimum absolute atomic E-state index is 0.572. The molecular weight excluding hydrogens is 232 g/mol. The maximum absolute atomic E-state index is 5.80. The van der Waals surface area contributed by atoms with Crippen LogP contribution in [0.15, 0.2) is 18.3 Å². The molecule has 2 atom stereocenters. The van der Waals surface area contributed by atoms with Gasteiger partial charge in [0.2, 0.25) is 0 Å². The van der Waals surface area contributed by atoms with E-state index in [9.17, 15) is 0 Å². The van der Waals surface area contributed by atoms with Gasteiger partial charge in [-0.05, 0) is 37.4 Å². The van der Waals surface area contributed by atoms with Crippen LogP contribution in [0.1, 0.15) is 38.2 Å². The molecule has 1 heterocycles. The summed E-state index contributed by atoms with van der Waals surface area (Å²) < 4.78 is 0. The number of rotatable bonds is 3. The molecular formula is C14H21ClN2. The average molecular weight is 253 g/mol. The van der Waals surface area contributed by atoms with E-state index in [1.165, 1.54) is 31.2 Å². The van der Waals surface area contributed by atoms with Crippen molar-refractivity contribution in [2.45, 2.75) is 45.2 Å². The zero-order chi connectivity index (χ0) is 12.3. The van der Waals surface area contributed by atoms with Crippen molar-refractivity contribution in [3.63, 3.8) is 0 Å². The minimum Gasteiger partial charge on any atom is -0.299 e. The normalized spacial score (nSPS) is 25.2. The maximum atomic E-state index is 5.80. The standard InChI is InChI=1S/C14H21ClN2/c1-11-5-3-4-6-13(11)17(2)10-12-7-8-14(15)16-9-12/h7-9,11,13H,3-6,10H2,1-2H3. The van der Waals surface area contributed by atoms with Crippen LogP contribution in [0.4, 0.5) is 0 Å². The lowest BCUT2D eigenvalue weighted by Crippen LogP contribution is -2.38. The Morgan fingerprint density at radius 1 is 1.35 bits per heavy atom. The van der Waals surface area contributed by atoms with Crippen molar-refractivity contribution >= 4 is 11.6 Å². The van der Waals surface area contributed by atoms with E-state index in [-0.39, 0.29) is 0 Å². The highest BCUT2D eigenvalue weighted by molar-refractivity contribution is 6.29. The molecule has 0 radical (unpaired) electrons. The molecule has 1 saturated carbocycles. The third kappa shape index (κ3) is 3.43. The van der Waals surface area contributed by atoms with Gasteiger partial charge in [0.25, 0.3) is 0 Å². The fourth-order valence-electron chi connectivity index (χ4n) is 2.86. The second-order valence-corrected chi connectivity index (χ2v) is 5.62. The van der Waals surface area contributed by atoms with Crippen molar-refractivity contribution in [1.82, 2.24) is 9.88 Å². The van der Waals surface area contributed by atoms with Crippen LogP contribution < -0.4 is 0 Å². The van der Waals surface area contributed by atoms with Gasteiger partial charge in [0.05, 0.1) is 0 Å². The van der Waals surface area contributed by atoms with Gasteiger partial charge in [0.1, 0.15) is 5.15 Å². The molecule has 3 heteroatoms. The van der Waals surface area contributed by atoms with E-state index >= 15 is 0 Å². The molecule has 2 unspecified atom stereocenters. The zero-order valence-corrected chi connectivity index (χ0v) is 11.5. The summed E-state index contributed by atoms with van der Waals surface area (Å²) >= 11 is 5.80. The van der Waals surface area contributed by atoms with E-state index < -0.39 is 0 Å². The van der Waals surface area contributed by atoms with Gasteiger partial charge in [-0.25, -0.2) is 4.98 Å². The number of halogens is 1. The van der Waals surface area contributed by atoms with Crippen LogP contribution in [0.25, 0.3) is 0 Å². The summed E-state index contributed by atoms with van der Waals surface area (Å²) in [5, 5.41) is 0.572. The van der Waals surface area contributed by atoms with Crippen LogP contribution in [-0.2, 0) is 6.54 Å². The van der Waals surface area contributed by atoms with Crippen molar-refractivity contribution in [2.75, 3.05) is 7.05 Å². The Bertz CT molecular complexity index is 350. The molecule has 0 aromatic carbocycles. The molecule has 0 N–H and O–H groups in total. The Hall–Kier alpha value is -0.600. The lowest BCUT2D eigenvalue weighted by atomic mass is 9.85. The summed E-state index contributed by atoms with van der Waals surface area (Å²) in [4.78, 5) is 6.60. The molecule has 0 amide bonds. The van der Waals surface area contributed by atoms with E-state index in [1.807, 2.05) is 12.3 Å². The first-order valence-electron chi connectivity index (χ1n) is 6.47. The Morgan fingerprint density at radius 2 is 2.12 bits per heavy atom. The van der Waals surface area contributed by atoms with Crippen molar-refractivity contribution in [2.24, 2.45) is 5.92 Å². The first-order chi connectivity index (χ1) is 8.16. The summed E-state index contributed by atoms with van der Waals surface area (Å²) in [5.74, 6) is 0.814. The van der Waals surface area contributed by atoms with Gasteiger partial charge in [-0.15, -0.1) is 0 Å². The molecule has 1 aromatic heterocycles. The summed E-state index contributed by atoms with van der Waals surface area (Å²) in [6.45, 7) is 3.35. The van der Waals surface area contributed by atoms with Crippen LogP contribution in [0.3, 0.4) is 0 Å². The smallest absolute Gasteiger partial charge is 0.129 e. The number of nitrogens with zero attached hydrogens (tertiary/aromatic N) is 2. The number of hydrogen-bond acceptors (Lipinski definition) is 2. The lowest BCUT2D eigenvalue weighted by Gasteiger charge is -2.36.